The van der Waals surface area contributed by atoms with Gasteiger partial charge in [-0.2, -0.15) is 0 Å². The molecule has 4 N–H and O–H groups in total. The number of aromatic nitrogens is 1. The van der Waals surface area contributed by atoms with E-state index in [9.17, 15) is 9.90 Å². The summed E-state index contributed by atoms with van der Waals surface area (Å²) in [4.78, 5) is 17.9. The number of nitrogens with zero attached hydrogens (tertiary/aromatic N) is 2. The smallest absolute Gasteiger partial charge is 0.254 e. The molecule has 17 heavy (non-hydrogen) atoms. The summed E-state index contributed by atoms with van der Waals surface area (Å²) in [5.74, 6) is 5.66. The summed E-state index contributed by atoms with van der Waals surface area (Å²) in [6, 6.07) is 3.33. The number of β-amino-alcohol motifs (C(OH)–C–C–N with tert-alkyl or cyclic N) is 1. The maximum atomic E-state index is 12.1. The number of aryl methyl sites for hydroxylation is 1. The molecule has 0 spiro atoms. The van der Waals surface area contributed by atoms with Gasteiger partial charge in [0.15, 0.2) is 0 Å². The lowest BCUT2D eigenvalue weighted by Gasteiger charge is -2.16. The first kappa shape index (κ1) is 11.8. The highest BCUT2D eigenvalue weighted by Crippen LogP contribution is 2.16. The van der Waals surface area contributed by atoms with Crippen molar-refractivity contribution in [3.8, 4) is 0 Å². The van der Waals surface area contributed by atoms with Gasteiger partial charge in [-0.3, -0.25) is 4.79 Å². The summed E-state index contributed by atoms with van der Waals surface area (Å²) in [6.07, 6.45) is 0.228. The molecule has 2 heterocycles. The van der Waals surface area contributed by atoms with Crippen LogP contribution in [0.15, 0.2) is 12.1 Å². The van der Waals surface area contributed by atoms with E-state index in [-0.39, 0.29) is 5.91 Å². The Bertz CT molecular complexity index is 435. The van der Waals surface area contributed by atoms with Crippen LogP contribution in [0.5, 0.6) is 0 Å². The van der Waals surface area contributed by atoms with E-state index in [0.29, 0.717) is 30.9 Å². The zero-order valence-electron chi connectivity index (χ0n) is 9.68. The van der Waals surface area contributed by atoms with Crippen molar-refractivity contribution < 1.29 is 9.90 Å². The lowest BCUT2D eigenvalue weighted by molar-refractivity contribution is 0.0765. The summed E-state index contributed by atoms with van der Waals surface area (Å²) >= 11 is 0. The zero-order chi connectivity index (χ0) is 12.4. The second kappa shape index (κ2) is 4.68. The molecule has 1 aliphatic rings. The Balaban J connectivity index is 2.21. The molecule has 1 atom stereocenters. The number of hydrogen-bond donors (Lipinski definition) is 3. The van der Waals surface area contributed by atoms with Crippen molar-refractivity contribution in [2.75, 3.05) is 18.5 Å². The van der Waals surface area contributed by atoms with Crippen LogP contribution in [0.3, 0.4) is 0 Å². The van der Waals surface area contributed by atoms with Crippen LogP contribution in [-0.4, -0.2) is 40.1 Å². The quantitative estimate of drug-likeness (QED) is 0.492. The van der Waals surface area contributed by atoms with Crippen molar-refractivity contribution in [1.29, 1.82) is 0 Å². The number of likely N-dealkylation sites (tertiary alicyclic amines) is 1. The molecule has 1 fully saturated rings. The Morgan fingerprint density at radius 2 is 2.41 bits per heavy atom. The van der Waals surface area contributed by atoms with E-state index in [0.717, 1.165) is 5.69 Å². The number of nitrogens with two attached hydrogens (primary N) is 1. The van der Waals surface area contributed by atoms with Crippen molar-refractivity contribution in [2.24, 2.45) is 5.84 Å². The van der Waals surface area contributed by atoms with Crippen LogP contribution in [0.4, 0.5) is 5.82 Å². The average Bonchev–Trinajstić information content (AvgIpc) is 2.74. The molecule has 1 saturated heterocycles. The molecule has 1 aromatic heterocycles. The van der Waals surface area contributed by atoms with Gasteiger partial charge in [-0.15, -0.1) is 0 Å². The molecule has 1 aromatic rings. The predicted molar refractivity (Wildman–Crippen MR) is 63.3 cm³/mol. The summed E-state index contributed by atoms with van der Waals surface area (Å²) in [7, 11) is 0. The monoisotopic (exact) mass is 236 g/mol. The van der Waals surface area contributed by atoms with Crippen molar-refractivity contribution in [3.05, 3.63) is 23.4 Å². The van der Waals surface area contributed by atoms with Gasteiger partial charge >= 0.3 is 0 Å². The maximum absolute atomic E-state index is 12.1. The predicted octanol–water partition coefficient (Wildman–Crippen LogP) is -0.118. The number of anilines is 1. The van der Waals surface area contributed by atoms with Gasteiger partial charge in [-0.05, 0) is 25.5 Å². The van der Waals surface area contributed by atoms with Gasteiger partial charge in [0.1, 0.15) is 5.82 Å². The molecule has 92 valence electrons. The Kier molecular flexibility index (Phi) is 3.26. The number of amides is 1. The minimum atomic E-state index is -0.408. The highest BCUT2D eigenvalue weighted by Gasteiger charge is 2.25. The van der Waals surface area contributed by atoms with E-state index in [1.54, 1.807) is 24.0 Å². The average molecular weight is 236 g/mol. The molecule has 1 aliphatic heterocycles. The molecule has 0 aliphatic carbocycles. The molecular weight excluding hydrogens is 220 g/mol. The number of carbonyl (C=O) groups excluding carboxylic acids is 1. The summed E-state index contributed by atoms with van der Waals surface area (Å²) in [5.41, 5.74) is 3.70. The second-order valence-corrected chi connectivity index (χ2v) is 4.22. The van der Waals surface area contributed by atoms with Crippen LogP contribution in [0.25, 0.3) is 0 Å². The first-order valence-electron chi connectivity index (χ1n) is 5.53. The van der Waals surface area contributed by atoms with Crippen LogP contribution in [0, 0.1) is 6.92 Å². The molecule has 6 nitrogen and oxygen atoms in total. The third kappa shape index (κ3) is 2.54. The number of nitrogens with one attached hydrogen (secondary N) is 1. The van der Waals surface area contributed by atoms with Crippen LogP contribution >= 0.6 is 0 Å². The van der Waals surface area contributed by atoms with Crippen LogP contribution in [-0.2, 0) is 0 Å². The van der Waals surface area contributed by atoms with E-state index in [2.05, 4.69) is 10.4 Å². The van der Waals surface area contributed by atoms with Crippen molar-refractivity contribution >= 4 is 11.7 Å². The highest BCUT2D eigenvalue weighted by atomic mass is 16.3. The molecule has 0 bridgehead atoms. The van der Waals surface area contributed by atoms with Crippen molar-refractivity contribution in [1.82, 2.24) is 9.88 Å². The lowest BCUT2D eigenvalue weighted by Crippen LogP contribution is -2.29. The standard InChI is InChI=1S/C11H16N4O2/c1-7-4-8(5-10(13-7)14-12)11(17)15-3-2-9(16)6-15/h4-5,9,16H,2-3,6,12H2,1H3,(H,13,14). The fourth-order valence-electron chi connectivity index (χ4n) is 1.97. The van der Waals surface area contributed by atoms with Crippen molar-refractivity contribution in [2.45, 2.75) is 19.4 Å². The molecule has 1 unspecified atom stereocenters. The van der Waals surface area contributed by atoms with Gasteiger partial charge in [0, 0.05) is 24.3 Å². The number of carbonyl (C=O) groups is 1. The third-order valence-electron chi connectivity index (χ3n) is 2.80. The van der Waals surface area contributed by atoms with Gasteiger partial charge in [-0.25, -0.2) is 10.8 Å². The van der Waals surface area contributed by atoms with Gasteiger partial charge in [0.25, 0.3) is 5.91 Å². The molecule has 0 aromatic carbocycles. The Morgan fingerprint density at radius 1 is 1.65 bits per heavy atom. The van der Waals surface area contributed by atoms with E-state index in [1.807, 2.05) is 0 Å². The number of nitrogen functional groups attached to an aromatic ring is 1. The molecular formula is C11H16N4O2. The minimum absolute atomic E-state index is 0.0939. The minimum Gasteiger partial charge on any atom is -0.391 e. The fourth-order valence-corrected chi connectivity index (χ4v) is 1.97. The molecule has 2 rings (SSSR count). The molecule has 6 heteroatoms. The second-order valence-electron chi connectivity index (χ2n) is 4.22. The topological polar surface area (TPSA) is 91.5 Å². The Morgan fingerprint density at radius 3 is 3.00 bits per heavy atom. The lowest BCUT2D eigenvalue weighted by atomic mass is 10.2. The third-order valence-corrected chi connectivity index (χ3v) is 2.80. The maximum Gasteiger partial charge on any atom is 0.254 e. The summed E-state index contributed by atoms with van der Waals surface area (Å²) in [5, 5.41) is 9.41. The van der Waals surface area contributed by atoms with Crippen LogP contribution < -0.4 is 11.3 Å². The van der Waals surface area contributed by atoms with Crippen molar-refractivity contribution in [3.63, 3.8) is 0 Å². The molecule has 0 saturated carbocycles. The number of aliphatic hydroxyl groups is 1. The van der Waals surface area contributed by atoms with Crippen LogP contribution in [0.2, 0.25) is 0 Å². The van der Waals surface area contributed by atoms with E-state index in [4.69, 9.17) is 5.84 Å². The first-order valence-corrected chi connectivity index (χ1v) is 5.53. The van der Waals surface area contributed by atoms with E-state index < -0.39 is 6.10 Å². The number of hydrogen-bond acceptors (Lipinski definition) is 5. The highest BCUT2D eigenvalue weighted by molar-refractivity contribution is 5.95. The zero-order valence-corrected chi connectivity index (χ0v) is 9.68. The normalized spacial score (nSPS) is 19.5. The number of hydrazine groups is 1. The number of pyridine rings is 1. The van der Waals surface area contributed by atoms with E-state index in [1.165, 1.54) is 0 Å². The first-order chi connectivity index (χ1) is 8.10. The van der Waals surface area contributed by atoms with Gasteiger partial charge in [-0.1, -0.05) is 0 Å². The molecule has 1 amide bonds. The summed E-state index contributed by atoms with van der Waals surface area (Å²) < 4.78 is 0. The summed E-state index contributed by atoms with van der Waals surface area (Å²) in [6.45, 7) is 2.79. The van der Waals surface area contributed by atoms with E-state index >= 15 is 0 Å². The Labute approximate surface area is 99.4 Å². The van der Waals surface area contributed by atoms with Gasteiger partial charge < -0.3 is 15.4 Å². The molecule has 0 radical (unpaired) electrons. The SMILES string of the molecule is Cc1cc(C(=O)N2CCC(O)C2)cc(NN)n1. The van der Waals surface area contributed by atoms with Gasteiger partial charge in [0.05, 0.1) is 6.10 Å². The number of aliphatic hydroxyl groups excluding tert-OH is 1. The largest absolute Gasteiger partial charge is 0.391 e. The number of rotatable bonds is 2. The Hall–Kier alpha value is -1.66. The van der Waals surface area contributed by atoms with Gasteiger partial charge in [0.2, 0.25) is 0 Å². The van der Waals surface area contributed by atoms with Crippen LogP contribution in [0.1, 0.15) is 22.5 Å². The fraction of sp³-hybridized carbons (Fsp3) is 0.455.